The Morgan fingerprint density at radius 2 is 1.71 bits per heavy atom. The van der Waals surface area contributed by atoms with Crippen LogP contribution >= 0.6 is 0 Å². The zero-order valence-electron chi connectivity index (χ0n) is 9.06. The summed E-state index contributed by atoms with van der Waals surface area (Å²) >= 11 is 0. The van der Waals surface area contributed by atoms with Gasteiger partial charge in [-0.25, -0.2) is 0 Å². The molecule has 0 aliphatic rings. The lowest BCUT2D eigenvalue weighted by Gasteiger charge is -2.10. The van der Waals surface area contributed by atoms with E-state index in [0.717, 1.165) is 6.42 Å². The number of aliphatic hydroxyl groups is 1. The normalized spacial score (nSPS) is 17.1. The van der Waals surface area contributed by atoms with Gasteiger partial charge in [-0.3, -0.25) is 0 Å². The van der Waals surface area contributed by atoms with Gasteiger partial charge in [0.1, 0.15) is 0 Å². The molecule has 0 aromatic rings. The SMILES string of the molecule is CCC=CC=CC=CCC(O)C(C)N. The molecule has 0 fully saturated rings. The number of allylic oxidation sites excluding steroid dienone is 5. The maximum absolute atomic E-state index is 9.35. The molecule has 0 rings (SSSR count). The maximum atomic E-state index is 9.35. The second kappa shape index (κ2) is 8.73. The Kier molecular flexibility index (Phi) is 8.19. The van der Waals surface area contributed by atoms with Gasteiger partial charge in [0.2, 0.25) is 0 Å². The molecule has 0 spiro atoms. The fourth-order valence-electron chi connectivity index (χ4n) is 0.854. The molecule has 2 atom stereocenters. The fourth-order valence-corrected chi connectivity index (χ4v) is 0.854. The summed E-state index contributed by atoms with van der Waals surface area (Å²) in [5.74, 6) is 0. The Labute approximate surface area is 86.8 Å². The molecule has 80 valence electrons. The van der Waals surface area contributed by atoms with E-state index in [1.54, 1.807) is 6.92 Å². The molecule has 0 radical (unpaired) electrons. The summed E-state index contributed by atoms with van der Waals surface area (Å²) in [6.45, 7) is 3.90. The first kappa shape index (κ1) is 13.1. The topological polar surface area (TPSA) is 46.2 Å². The Balaban J connectivity index is 3.63. The molecule has 0 saturated heterocycles. The average molecular weight is 195 g/mol. The number of rotatable bonds is 6. The Morgan fingerprint density at radius 1 is 1.14 bits per heavy atom. The van der Waals surface area contributed by atoms with Gasteiger partial charge in [-0.05, 0) is 19.8 Å². The largest absolute Gasteiger partial charge is 0.391 e. The van der Waals surface area contributed by atoms with Gasteiger partial charge in [0.15, 0.2) is 0 Å². The average Bonchev–Trinajstić information content (AvgIpc) is 2.16. The molecule has 2 heteroatoms. The van der Waals surface area contributed by atoms with Gasteiger partial charge < -0.3 is 10.8 Å². The van der Waals surface area contributed by atoms with Crippen molar-refractivity contribution >= 4 is 0 Å². The van der Waals surface area contributed by atoms with E-state index in [0.29, 0.717) is 6.42 Å². The standard InChI is InChI=1S/C12H21NO/c1-3-4-5-6-7-8-9-10-12(14)11(2)13/h4-9,11-12,14H,3,10,13H2,1-2H3. The minimum Gasteiger partial charge on any atom is -0.391 e. The van der Waals surface area contributed by atoms with Gasteiger partial charge in [-0.1, -0.05) is 43.4 Å². The lowest BCUT2D eigenvalue weighted by Crippen LogP contribution is -2.30. The monoisotopic (exact) mass is 195 g/mol. The highest BCUT2D eigenvalue weighted by atomic mass is 16.3. The van der Waals surface area contributed by atoms with Crippen LogP contribution in [0.25, 0.3) is 0 Å². The molecule has 0 heterocycles. The summed E-state index contributed by atoms with van der Waals surface area (Å²) < 4.78 is 0. The molecule has 0 saturated carbocycles. The van der Waals surface area contributed by atoms with Gasteiger partial charge in [0.25, 0.3) is 0 Å². The zero-order valence-corrected chi connectivity index (χ0v) is 9.06. The lowest BCUT2D eigenvalue weighted by molar-refractivity contribution is 0.154. The van der Waals surface area contributed by atoms with Gasteiger partial charge in [-0.15, -0.1) is 0 Å². The van der Waals surface area contributed by atoms with Crippen molar-refractivity contribution in [2.45, 2.75) is 38.8 Å². The van der Waals surface area contributed by atoms with Crippen molar-refractivity contribution in [1.29, 1.82) is 0 Å². The van der Waals surface area contributed by atoms with E-state index >= 15 is 0 Å². The smallest absolute Gasteiger partial charge is 0.0722 e. The van der Waals surface area contributed by atoms with Crippen molar-refractivity contribution in [1.82, 2.24) is 0 Å². The van der Waals surface area contributed by atoms with Crippen LogP contribution < -0.4 is 5.73 Å². The predicted molar refractivity (Wildman–Crippen MR) is 62.0 cm³/mol. The number of nitrogens with two attached hydrogens (primary N) is 1. The number of hydrogen-bond acceptors (Lipinski definition) is 2. The molecule has 0 bridgehead atoms. The van der Waals surface area contributed by atoms with Crippen LogP contribution in [0.15, 0.2) is 36.5 Å². The second-order valence-electron chi connectivity index (χ2n) is 3.31. The van der Waals surface area contributed by atoms with Gasteiger partial charge in [-0.2, -0.15) is 0 Å². The summed E-state index contributed by atoms with van der Waals surface area (Å²) in [6, 6.07) is -0.163. The molecule has 0 aromatic carbocycles. The van der Waals surface area contributed by atoms with Crippen molar-refractivity contribution in [2.24, 2.45) is 5.73 Å². The van der Waals surface area contributed by atoms with E-state index in [9.17, 15) is 5.11 Å². The van der Waals surface area contributed by atoms with Crippen LogP contribution in [0, 0.1) is 0 Å². The van der Waals surface area contributed by atoms with Crippen molar-refractivity contribution in [3.8, 4) is 0 Å². The van der Waals surface area contributed by atoms with Crippen LogP contribution in [0.4, 0.5) is 0 Å². The van der Waals surface area contributed by atoms with E-state index in [1.807, 2.05) is 30.4 Å². The van der Waals surface area contributed by atoms with Gasteiger partial charge in [0.05, 0.1) is 6.10 Å². The molecule has 0 aromatic heterocycles. The summed E-state index contributed by atoms with van der Waals surface area (Å²) in [5, 5.41) is 9.35. The first-order valence-electron chi connectivity index (χ1n) is 5.10. The fraction of sp³-hybridized carbons (Fsp3) is 0.500. The third kappa shape index (κ3) is 7.77. The first-order chi connectivity index (χ1) is 6.68. The van der Waals surface area contributed by atoms with Crippen molar-refractivity contribution < 1.29 is 5.11 Å². The van der Waals surface area contributed by atoms with E-state index in [2.05, 4.69) is 13.0 Å². The van der Waals surface area contributed by atoms with Crippen molar-refractivity contribution in [3.05, 3.63) is 36.5 Å². The van der Waals surface area contributed by atoms with E-state index in [-0.39, 0.29) is 6.04 Å². The van der Waals surface area contributed by atoms with E-state index in [4.69, 9.17) is 5.73 Å². The number of hydrogen-bond donors (Lipinski definition) is 2. The quantitative estimate of drug-likeness (QED) is 0.638. The Bertz CT molecular complexity index is 204. The molecule has 0 amide bonds. The molecular weight excluding hydrogens is 174 g/mol. The van der Waals surface area contributed by atoms with E-state index < -0.39 is 6.10 Å². The summed E-state index contributed by atoms with van der Waals surface area (Å²) in [5.41, 5.74) is 5.50. The predicted octanol–water partition coefficient (Wildman–Crippen LogP) is 2.16. The Hall–Kier alpha value is -0.860. The summed E-state index contributed by atoms with van der Waals surface area (Å²) in [7, 11) is 0. The first-order valence-corrected chi connectivity index (χ1v) is 5.10. The molecular formula is C12H21NO. The highest BCUT2D eigenvalue weighted by molar-refractivity contribution is 5.11. The van der Waals surface area contributed by atoms with Crippen LogP contribution in [-0.2, 0) is 0 Å². The summed E-state index contributed by atoms with van der Waals surface area (Å²) in [6.07, 6.45) is 13.1. The zero-order chi connectivity index (χ0) is 10.8. The van der Waals surface area contributed by atoms with Crippen LogP contribution in [-0.4, -0.2) is 17.3 Å². The molecule has 3 N–H and O–H groups in total. The van der Waals surface area contributed by atoms with Crippen LogP contribution in [0.5, 0.6) is 0 Å². The van der Waals surface area contributed by atoms with Gasteiger partial charge >= 0.3 is 0 Å². The minimum atomic E-state index is -0.439. The van der Waals surface area contributed by atoms with Crippen LogP contribution in [0.2, 0.25) is 0 Å². The molecule has 14 heavy (non-hydrogen) atoms. The number of aliphatic hydroxyl groups excluding tert-OH is 1. The minimum absolute atomic E-state index is 0.163. The maximum Gasteiger partial charge on any atom is 0.0722 e. The molecule has 2 nitrogen and oxygen atoms in total. The van der Waals surface area contributed by atoms with Crippen molar-refractivity contribution in [2.75, 3.05) is 0 Å². The van der Waals surface area contributed by atoms with Gasteiger partial charge in [0, 0.05) is 6.04 Å². The third-order valence-electron chi connectivity index (χ3n) is 1.83. The third-order valence-corrected chi connectivity index (χ3v) is 1.83. The van der Waals surface area contributed by atoms with Crippen LogP contribution in [0.3, 0.4) is 0 Å². The molecule has 0 aliphatic carbocycles. The van der Waals surface area contributed by atoms with Crippen molar-refractivity contribution in [3.63, 3.8) is 0 Å². The van der Waals surface area contributed by atoms with E-state index in [1.165, 1.54) is 0 Å². The highest BCUT2D eigenvalue weighted by Crippen LogP contribution is 1.97. The Morgan fingerprint density at radius 3 is 2.21 bits per heavy atom. The summed E-state index contributed by atoms with van der Waals surface area (Å²) in [4.78, 5) is 0. The lowest BCUT2D eigenvalue weighted by atomic mass is 10.1. The van der Waals surface area contributed by atoms with Crippen LogP contribution in [0.1, 0.15) is 26.7 Å². The highest BCUT2D eigenvalue weighted by Gasteiger charge is 2.05. The molecule has 0 aliphatic heterocycles. The second-order valence-corrected chi connectivity index (χ2v) is 3.31. The molecule has 2 unspecified atom stereocenters.